The number of ether oxygens (including phenoxy) is 1. The molecule has 0 fully saturated rings. The molecule has 35 heavy (non-hydrogen) atoms. The SMILES string of the molecule is CCOC(=O)c1ccc(NC(=O)N2Cc3[nH]cnc3C[C@H]2c2nc(-c3cccc(C)c3)no2)cc1. The second-order valence-electron chi connectivity index (χ2n) is 8.23. The predicted octanol–water partition coefficient (Wildman–Crippen LogP) is 4.28. The maximum Gasteiger partial charge on any atom is 0.338 e. The topological polar surface area (TPSA) is 126 Å². The first kappa shape index (κ1) is 22.3. The third kappa shape index (κ3) is 4.63. The van der Waals surface area contributed by atoms with E-state index in [1.165, 1.54) is 0 Å². The van der Waals surface area contributed by atoms with E-state index in [4.69, 9.17) is 9.26 Å². The number of benzene rings is 2. The van der Waals surface area contributed by atoms with Crippen molar-refractivity contribution in [1.82, 2.24) is 25.0 Å². The molecule has 3 heterocycles. The molecule has 10 nitrogen and oxygen atoms in total. The maximum absolute atomic E-state index is 13.3. The standard InChI is InChI=1S/C25H24N6O4/c1-3-34-24(32)16-7-9-18(10-8-16)28-25(33)31-13-20-19(26-14-27-20)12-21(31)23-29-22(30-35-23)17-6-4-5-15(2)11-17/h4-11,14,21H,3,12-13H2,1-2H3,(H,26,27)(H,28,33)/t21-/m0/s1. The summed E-state index contributed by atoms with van der Waals surface area (Å²) in [5, 5.41) is 7.04. The number of aromatic nitrogens is 4. The number of aryl methyl sites for hydroxylation is 1. The Morgan fingerprint density at radius 1 is 1.23 bits per heavy atom. The molecule has 1 aliphatic rings. The van der Waals surface area contributed by atoms with Crippen LogP contribution in [-0.2, 0) is 17.7 Å². The molecule has 1 atom stereocenters. The fourth-order valence-electron chi connectivity index (χ4n) is 4.04. The van der Waals surface area contributed by atoms with E-state index in [1.54, 1.807) is 42.4 Å². The minimum absolute atomic E-state index is 0.296. The second kappa shape index (κ2) is 9.41. The lowest BCUT2D eigenvalue weighted by Gasteiger charge is -2.32. The first-order valence-corrected chi connectivity index (χ1v) is 11.3. The highest BCUT2D eigenvalue weighted by molar-refractivity contribution is 5.92. The molecule has 0 aliphatic carbocycles. The average Bonchev–Trinajstić information content (AvgIpc) is 3.53. The lowest BCUT2D eigenvalue weighted by Crippen LogP contribution is -2.41. The van der Waals surface area contributed by atoms with Crippen molar-refractivity contribution in [2.24, 2.45) is 0 Å². The minimum Gasteiger partial charge on any atom is -0.462 e. The van der Waals surface area contributed by atoms with Crippen LogP contribution in [0.2, 0.25) is 0 Å². The molecule has 178 valence electrons. The van der Waals surface area contributed by atoms with Gasteiger partial charge in [-0.25, -0.2) is 14.6 Å². The van der Waals surface area contributed by atoms with Crippen LogP contribution < -0.4 is 5.32 Å². The lowest BCUT2D eigenvalue weighted by molar-refractivity contribution is 0.0526. The zero-order valence-corrected chi connectivity index (χ0v) is 19.3. The van der Waals surface area contributed by atoms with Crippen molar-refractivity contribution >= 4 is 17.7 Å². The van der Waals surface area contributed by atoms with Crippen LogP contribution in [-0.4, -0.2) is 43.6 Å². The van der Waals surface area contributed by atoms with E-state index in [-0.39, 0.29) is 6.03 Å². The second-order valence-corrected chi connectivity index (χ2v) is 8.23. The van der Waals surface area contributed by atoms with Gasteiger partial charge in [0.05, 0.1) is 36.4 Å². The number of hydrogen-bond donors (Lipinski definition) is 2. The Bertz CT molecular complexity index is 1360. The summed E-state index contributed by atoms with van der Waals surface area (Å²) in [6.45, 7) is 4.34. The molecular formula is C25H24N6O4. The summed E-state index contributed by atoms with van der Waals surface area (Å²) in [4.78, 5) is 38.9. The van der Waals surface area contributed by atoms with Gasteiger partial charge in [0.25, 0.3) is 0 Å². The van der Waals surface area contributed by atoms with Gasteiger partial charge in [-0.3, -0.25) is 0 Å². The van der Waals surface area contributed by atoms with Crippen molar-refractivity contribution in [3.8, 4) is 11.4 Å². The maximum atomic E-state index is 13.3. The van der Waals surface area contributed by atoms with Crippen molar-refractivity contribution in [3.05, 3.63) is 83.3 Å². The van der Waals surface area contributed by atoms with Gasteiger partial charge in [-0.2, -0.15) is 4.98 Å². The Kier molecular flexibility index (Phi) is 6.01. The molecule has 4 aromatic rings. The zero-order valence-electron chi connectivity index (χ0n) is 19.3. The number of rotatable bonds is 5. The number of anilines is 1. The van der Waals surface area contributed by atoms with Crippen molar-refractivity contribution in [2.45, 2.75) is 32.9 Å². The average molecular weight is 473 g/mol. The summed E-state index contributed by atoms with van der Waals surface area (Å²) >= 11 is 0. The van der Waals surface area contributed by atoms with Gasteiger partial charge in [0.15, 0.2) is 0 Å². The van der Waals surface area contributed by atoms with Crippen LogP contribution in [0, 0.1) is 6.92 Å². The molecule has 0 saturated carbocycles. The van der Waals surface area contributed by atoms with Gasteiger partial charge >= 0.3 is 12.0 Å². The van der Waals surface area contributed by atoms with Crippen LogP contribution in [0.4, 0.5) is 10.5 Å². The Labute approximate surface area is 201 Å². The fraction of sp³-hybridized carbons (Fsp3) is 0.240. The van der Waals surface area contributed by atoms with E-state index >= 15 is 0 Å². The number of urea groups is 1. The smallest absolute Gasteiger partial charge is 0.338 e. The van der Waals surface area contributed by atoms with E-state index in [0.29, 0.717) is 42.5 Å². The van der Waals surface area contributed by atoms with E-state index in [1.807, 2.05) is 31.2 Å². The Hall–Kier alpha value is -4.47. The number of esters is 1. The third-order valence-corrected chi connectivity index (χ3v) is 5.81. The van der Waals surface area contributed by atoms with Gasteiger partial charge in [-0.1, -0.05) is 28.9 Å². The van der Waals surface area contributed by atoms with Crippen molar-refractivity contribution in [2.75, 3.05) is 11.9 Å². The number of carbonyl (C=O) groups is 2. The number of carbonyl (C=O) groups excluding carboxylic acids is 2. The Morgan fingerprint density at radius 2 is 2.06 bits per heavy atom. The Balaban J connectivity index is 1.38. The van der Waals surface area contributed by atoms with Crippen LogP contribution in [0.15, 0.2) is 59.4 Å². The summed E-state index contributed by atoms with van der Waals surface area (Å²) in [6, 6.07) is 13.5. The number of nitrogens with one attached hydrogen (secondary N) is 2. The zero-order chi connectivity index (χ0) is 24.4. The molecule has 2 N–H and O–H groups in total. The van der Waals surface area contributed by atoms with Crippen LogP contribution in [0.1, 0.15) is 46.2 Å². The third-order valence-electron chi connectivity index (χ3n) is 5.81. The molecule has 0 bridgehead atoms. The number of imidazole rings is 1. The van der Waals surface area contributed by atoms with Crippen molar-refractivity contribution in [1.29, 1.82) is 0 Å². The van der Waals surface area contributed by atoms with Gasteiger partial charge in [-0.05, 0) is 44.2 Å². The monoisotopic (exact) mass is 472 g/mol. The first-order valence-electron chi connectivity index (χ1n) is 11.3. The van der Waals surface area contributed by atoms with Crippen LogP contribution in [0.3, 0.4) is 0 Å². The van der Waals surface area contributed by atoms with Crippen molar-refractivity contribution in [3.63, 3.8) is 0 Å². The normalized spacial score (nSPS) is 14.9. The van der Waals surface area contributed by atoms with Gasteiger partial charge in [0, 0.05) is 17.7 Å². The van der Waals surface area contributed by atoms with E-state index in [9.17, 15) is 9.59 Å². The van der Waals surface area contributed by atoms with E-state index in [2.05, 4.69) is 25.4 Å². The predicted molar refractivity (Wildman–Crippen MR) is 126 cm³/mol. The molecule has 0 spiro atoms. The summed E-state index contributed by atoms with van der Waals surface area (Å²) in [5.41, 5.74) is 4.60. The number of nitrogens with zero attached hydrogens (tertiary/aromatic N) is 4. The van der Waals surface area contributed by atoms with Gasteiger partial charge in [0.1, 0.15) is 6.04 Å². The van der Waals surface area contributed by atoms with Gasteiger partial charge < -0.3 is 24.5 Å². The fourth-order valence-corrected chi connectivity index (χ4v) is 4.04. The molecular weight excluding hydrogens is 448 g/mol. The molecule has 0 radical (unpaired) electrons. The summed E-state index contributed by atoms with van der Waals surface area (Å²) in [7, 11) is 0. The number of H-pyrrole nitrogens is 1. The number of fused-ring (bicyclic) bond motifs is 1. The van der Waals surface area contributed by atoms with Gasteiger partial charge in [0.2, 0.25) is 11.7 Å². The molecule has 0 saturated heterocycles. The molecule has 2 amide bonds. The quantitative estimate of drug-likeness (QED) is 0.415. The molecule has 2 aromatic heterocycles. The van der Waals surface area contributed by atoms with Crippen LogP contribution in [0.25, 0.3) is 11.4 Å². The minimum atomic E-state index is -0.490. The Morgan fingerprint density at radius 3 is 2.83 bits per heavy atom. The highest BCUT2D eigenvalue weighted by atomic mass is 16.5. The number of hydrogen-bond acceptors (Lipinski definition) is 7. The molecule has 10 heteroatoms. The highest BCUT2D eigenvalue weighted by Gasteiger charge is 2.36. The molecule has 2 aromatic carbocycles. The lowest BCUT2D eigenvalue weighted by atomic mass is 10.0. The van der Waals surface area contributed by atoms with Gasteiger partial charge in [-0.15, -0.1) is 0 Å². The van der Waals surface area contributed by atoms with Crippen molar-refractivity contribution < 1.29 is 18.8 Å². The molecule has 5 rings (SSSR count). The van der Waals surface area contributed by atoms with Crippen LogP contribution in [0.5, 0.6) is 0 Å². The summed E-state index contributed by atoms with van der Waals surface area (Å²) in [5.74, 6) is 0.392. The first-order chi connectivity index (χ1) is 17.0. The van der Waals surface area contributed by atoms with Crippen LogP contribution >= 0.6 is 0 Å². The molecule has 0 unspecified atom stereocenters. The summed E-state index contributed by atoms with van der Waals surface area (Å²) in [6.07, 6.45) is 2.05. The molecule has 1 aliphatic heterocycles. The highest BCUT2D eigenvalue weighted by Crippen LogP contribution is 2.32. The summed E-state index contributed by atoms with van der Waals surface area (Å²) < 4.78 is 10.6. The number of amides is 2. The number of aromatic amines is 1. The van der Waals surface area contributed by atoms with E-state index in [0.717, 1.165) is 22.5 Å². The largest absolute Gasteiger partial charge is 0.462 e. The van der Waals surface area contributed by atoms with E-state index < -0.39 is 12.0 Å².